The molecule has 0 spiro atoms. The Balaban J connectivity index is 1.64. The highest BCUT2D eigenvalue weighted by molar-refractivity contribution is 8.00. The van der Waals surface area contributed by atoms with Crippen molar-refractivity contribution in [2.24, 2.45) is 0 Å². The highest BCUT2D eigenvalue weighted by atomic mass is 32.2. The number of thioether (sulfide) groups is 1. The van der Waals surface area contributed by atoms with Gasteiger partial charge in [-0.2, -0.15) is 0 Å². The molecule has 0 aliphatic carbocycles. The van der Waals surface area contributed by atoms with Crippen LogP contribution < -0.4 is 10.0 Å². The summed E-state index contributed by atoms with van der Waals surface area (Å²) in [4.78, 5) is 13.8. The van der Waals surface area contributed by atoms with Gasteiger partial charge >= 0.3 is 0 Å². The summed E-state index contributed by atoms with van der Waals surface area (Å²) in [5.41, 5.74) is 4.51. The Bertz CT molecular complexity index is 1190. The van der Waals surface area contributed by atoms with Crippen molar-refractivity contribution in [3.05, 3.63) is 83.4 Å². The van der Waals surface area contributed by atoms with E-state index in [0.717, 1.165) is 33.7 Å². The van der Waals surface area contributed by atoms with Gasteiger partial charge in [-0.05, 0) is 74.7 Å². The largest absolute Gasteiger partial charge is 0.325 e. The molecular weight excluding hydrogens is 440 g/mol. The second-order valence-corrected chi connectivity index (χ2v) is 10.8. The van der Waals surface area contributed by atoms with Crippen LogP contribution in [0.25, 0.3) is 0 Å². The minimum atomic E-state index is -3.65. The van der Waals surface area contributed by atoms with Crippen LogP contribution >= 0.6 is 11.8 Å². The number of aryl methyl sites for hydroxylation is 3. The Labute approximate surface area is 194 Å². The molecule has 1 atom stereocenters. The standard InChI is InChI=1S/C25H28N2O3S2/c1-5-20-8-6-7-18(3)24(20)26-25(28)19(4)31-22-13-11-21(12-14-22)27-32(29,30)23-15-9-17(2)10-16-23/h6-16,19,27H,5H2,1-4H3,(H,26,28). The Kier molecular flexibility index (Phi) is 7.64. The van der Waals surface area contributed by atoms with Crippen molar-refractivity contribution >= 4 is 39.1 Å². The summed E-state index contributed by atoms with van der Waals surface area (Å²) >= 11 is 1.43. The summed E-state index contributed by atoms with van der Waals surface area (Å²) in [5.74, 6) is -0.0665. The molecule has 0 bridgehead atoms. The molecule has 0 radical (unpaired) electrons. The number of hydrogen-bond acceptors (Lipinski definition) is 4. The molecule has 0 saturated heterocycles. The van der Waals surface area contributed by atoms with E-state index in [2.05, 4.69) is 17.0 Å². The van der Waals surface area contributed by atoms with Gasteiger partial charge in [-0.15, -0.1) is 11.8 Å². The number of carbonyl (C=O) groups excluding carboxylic acids is 1. The van der Waals surface area contributed by atoms with Crippen LogP contribution in [0.15, 0.2) is 76.5 Å². The molecule has 32 heavy (non-hydrogen) atoms. The fourth-order valence-electron chi connectivity index (χ4n) is 3.22. The average Bonchev–Trinajstić information content (AvgIpc) is 2.76. The number of nitrogens with one attached hydrogen (secondary N) is 2. The first-order valence-electron chi connectivity index (χ1n) is 10.4. The summed E-state index contributed by atoms with van der Waals surface area (Å²) in [7, 11) is -3.65. The quantitative estimate of drug-likeness (QED) is 0.411. The second kappa shape index (κ2) is 10.2. The predicted octanol–water partition coefficient (Wildman–Crippen LogP) is 5.79. The first-order chi connectivity index (χ1) is 15.2. The minimum absolute atomic E-state index is 0.0665. The summed E-state index contributed by atoms with van der Waals surface area (Å²) in [6, 6.07) is 19.7. The molecule has 0 heterocycles. The topological polar surface area (TPSA) is 75.3 Å². The summed E-state index contributed by atoms with van der Waals surface area (Å²) in [5, 5.41) is 2.75. The van der Waals surface area contributed by atoms with Gasteiger partial charge in [0.1, 0.15) is 0 Å². The first kappa shape index (κ1) is 23.9. The van der Waals surface area contributed by atoms with E-state index in [1.807, 2.05) is 51.1 Å². The van der Waals surface area contributed by atoms with Gasteiger partial charge in [0.05, 0.1) is 10.1 Å². The maximum absolute atomic E-state index is 12.7. The van der Waals surface area contributed by atoms with E-state index in [4.69, 9.17) is 0 Å². The number of benzene rings is 3. The number of sulfonamides is 1. The fraction of sp³-hybridized carbons (Fsp3) is 0.240. The van der Waals surface area contributed by atoms with E-state index in [9.17, 15) is 13.2 Å². The smallest absolute Gasteiger partial charge is 0.261 e. The van der Waals surface area contributed by atoms with Crippen molar-refractivity contribution in [1.29, 1.82) is 0 Å². The van der Waals surface area contributed by atoms with Gasteiger partial charge in [0.15, 0.2) is 0 Å². The molecule has 1 unspecified atom stereocenters. The molecule has 0 aliphatic heterocycles. The number of amides is 1. The lowest BCUT2D eigenvalue weighted by Crippen LogP contribution is -2.23. The van der Waals surface area contributed by atoms with Crippen LogP contribution in [0.2, 0.25) is 0 Å². The van der Waals surface area contributed by atoms with Gasteiger partial charge < -0.3 is 5.32 Å². The number of para-hydroxylation sites is 1. The van der Waals surface area contributed by atoms with Gasteiger partial charge in [0.2, 0.25) is 5.91 Å². The summed E-state index contributed by atoms with van der Waals surface area (Å²) in [6.07, 6.45) is 0.846. The highest BCUT2D eigenvalue weighted by Gasteiger charge is 2.18. The van der Waals surface area contributed by atoms with E-state index in [1.54, 1.807) is 36.4 Å². The molecule has 0 aliphatic rings. The van der Waals surface area contributed by atoms with Crippen LogP contribution in [-0.2, 0) is 21.2 Å². The van der Waals surface area contributed by atoms with Crippen LogP contribution in [0.3, 0.4) is 0 Å². The van der Waals surface area contributed by atoms with Crippen LogP contribution in [0.4, 0.5) is 11.4 Å². The van der Waals surface area contributed by atoms with Crippen LogP contribution in [0, 0.1) is 13.8 Å². The summed E-state index contributed by atoms with van der Waals surface area (Å²) in [6.45, 7) is 7.82. The Morgan fingerprint density at radius 1 is 0.969 bits per heavy atom. The van der Waals surface area contributed by atoms with Crippen LogP contribution in [-0.4, -0.2) is 19.6 Å². The lowest BCUT2D eigenvalue weighted by atomic mass is 10.1. The number of hydrogen-bond donors (Lipinski definition) is 2. The zero-order chi connectivity index (χ0) is 23.3. The molecule has 0 aromatic heterocycles. The Morgan fingerprint density at radius 2 is 1.62 bits per heavy atom. The summed E-state index contributed by atoms with van der Waals surface area (Å²) < 4.78 is 27.7. The van der Waals surface area contributed by atoms with Gasteiger partial charge in [-0.1, -0.05) is 42.8 Å². The zero-order valence-corrected chi connectivity index (χ0v) is 20.3. The molecule has 3 rings (SSSR count). The van der Waals surface area contributed by atoms with Crippen LogP contribution in [0.5, 0.6) is 0 Å². The second-order valence-electron chi connectivity index (χ2n) is 7.65. The minimum Gasteiger partial charge on any atom is -0.325 e. The maximum atomic E-state index is 12.7. The predicted molar refractivity (Wildman–Crippen MR) is 133 cm³/mol. The molecule has 7 heteroatoms. The SMILES string of the molecule is CCc1cccc(C)c1NC(=O)C(C)Sc1ccc(NS(=O)(=O)c2ccc(C)cc2)cc1. The third-order valence-corrected chi connectivity index (χ3v) is 7.62. The van der Waals surface area contributed by atoms with E-state index < -0.39 is 10.0 Å². The fourth-order valence-corrected chi connectivity index (χ4v) is 5.14. The molecule has 168 valence electrons. The molecule has 1 amide bonds. The Hall–Kier alpha value is -2.77. The lowest BCUT2D eigenvalue weighted by molar-refractivity contribution is -0.115. The van der Waals surface area contributed by atoms with Crippen molar-refractivity contribution < 1.29 is 13.2 Å². The van der Waals surface area contributed by atoms with E-state index >= 15 is 0 Å². The van der Waals surface area contributed by atoms with Gasteiger partial charge in [-0.3, -0.25) is 9.52 Å². The van der Waals surface area contributed by atoms with Gasteiger partial charge in [0, 0.05) is 16.3 Å². The monoisotopic (exact) mass is 468 g/mol. The third kappa shape index (κ3) is 5.93. The zero-order valence-electron chi connectivity index (χ0n) is 18.7. The number of rotatable bonds is 8. The van der Waals surface area contributed by atoms with Gasteiger partial charge in [0.25, 0.3) is 10.0 Å². The van der Waals surface area contributed by atoms with Gasteiger partial charge in [-0.25, -0.2) is 8.42 Å². The molecule has 3 aromatic rings. The normalized spacial score (nSPS) is 12.2. The van der Waals surface area contributed by atoms with Crippen molar-refractivity contribution in [2.75, 3.05) is 10.0 Å². The maximum Gasteiger partial charge on any atom is 0.261 e. The van der Waals surface area contributed by atoms with E-state index in [0.29, 0.717) is 5.69 Å². The lowest BCUT2D eigenvalue weighted by Gasteiger charge is -2.16. The Morgan fingerprint density at radius 3 is 2.25 bits per heavy atom. The van der Waals surface area contributed by atoms with Crippen LogP contribution in [0.1, 0.15) is 30.5 Å². The highest BCUT2D eigenvalue weighted by Crippen LogP contribution is 2.28. The van der Waals surface area contributed by atoms with E-state index in [-0.39, 0.29) is 16.1 Å². The van der Waals surface area contributed by atoms with Crippen molar-refractivity contribution in [2.45, 2.75) is 49.2 Å². The third-order valence-electron chi connectivity index (χ3n) is 5.11. The van der Waals surface area contributed by atoms with Crippen molar-refractivity contribution in [1.82, 2.24) is 0 Å². The van der Waals surface area contributed by atoms with Crippen molar-refractivity contribution in [3.8, 4) is 0 Å². The van der Waals surface area contributed by atoms with E-state index in [1.165, 1.54) is 11.8 Å². The first-order valence-corrected chi connectivity index (χ1v) is 12.8. The molecule has 3 aromatic carbocycles. The molecule has 0 saturated carbocycles. The number of carbonyl (C=O) groups is 1. The molecule has 5 nitrogen and oxygen atoms in total. The molecule has 0 fully saturated rings. The van der Waals surface area contributed by atoms with Crippen molar-refractivity contribution in [3.63, 3.8) is 0 Å². The molecule has 2 N–H and O–H groups in total. The molecular formula is C25H28N2O3S2. The number of anilines is 2. The average molecular weight is 469 g/mol.